The molecule has 0 unspecified atom stereocenters. The van der Waals surface area contributed by atoms with Gasteiger partial charge in [-0.1, -0.05) is 119 Å². The Bertz CT molecular complexity index is 269. The summed E-state index contributed by atoms with van der Waals surface area (Å²) in [6, 6.07) is 0. The molecule has 1 heteroatoms. The van der Waals surface area contributed by atoms with Gasteiger partial charge in [0.2, 0.25) is 0 Å². The third kappa shape index (κ3) is 181. The van der Waals surface area contributed by atoms with Crippen molar-refractivity contribution < 1.29 is 0 Å². The van der Waals surface area contributed by atoms with E-state index in [4.69, 9.17) is 0 Å². The zero-order chi connectivity index (χ0) is 28.4. The first-order valence-electron chi connectivity index (χ1n) is 12.2. The fourth-order valence-corrected chi connectivity index (χ4v) is 1.00. The highest BCUT2D eigenvalue weighted by Gasteiger charge is 2.02. The highest BCUT2D eigenvalue weighted by Crippen LogP contribution is 2.10. The molecular weight excluding hydrogens is 371 g/mol. The normalized spacial score (nSPS) is 6.39. The molecule has 0 aliphatic heterocycles. The Morgan fingerprint density at radius 2 is 0.710 bits per heavy atom. The lowest BCUT2D eigenvalue weighted by Gasteiger charge is -2.05. The van der Waals surface area contributed by atoms with Crippen molar-refractivity contribution in [3.05, 3.63) is 74.3 Å². The minimum absolute atomic E-state index is 0.672. The third-order valence-corrected chi connectivity index (χ3v) is 1.99. The van der Waals surface area contributed by atoms with Crippen molar-refractivity contribution >= 4 is 6.71 Å². The minimum atomic E-state index is 0.672. The first kappa shape index (κ1) is 63.0. The van der Waals surface area contributed by atoms with Crippen LogP contribution in [0.25, 0.3) is 0 Å². The van der Waals surface area contributed by atoms with Gasteiger partial charge in [-0.2, -0.15) is 0 Å². The van der Waals surface area contributed by atoms with Gasteiger partial charge in [0.15, 0.2) is 6.71 Å². The fraction of sp³-hybridized carbons (Fsp3) is 0.600. The highest BCUT2D eigenvalue weighted by molar-refractivity contribution is 6.64. The Hall–Kier alpha value is -1.50. The number of hydrogen-bond acceptors (Lipinski definition) is 0. The van der Waals surface area contributed by atoms with Gasteiger partial charge in [-0.05, 0) is 34.6 Å². The molecule has 0 rings (SSSR count). The van der Waals surface area contributed by atoms with Gasteiger partial charge in [0.05, 0.1) is 0 Å². The van der Waals surface area contributed by atoms with Gasteiger partial charge in [0.25, 0.3) is 0 Å². The summed E-state index contributed by atoms with van der Waals surface area (Å²) in [6.07, 6.45) is 5.75. The van der Waals surface area contributed by atoms with Crippen molar-refractivity contribution in [1.82, 2.24) is 0 Å². The summed E-state index contributed by atoms with van der Waals surface area (Å²) in [4.78, 5) is 0. The summed E-state index contributed by atoms with van der Waals surface area (Å²) in [6.45, 7) is 56.3. The molecule has 0 aliphatic carbocycles. The van der Waals surface area contributed by atoms with E-state index in [9.17, 15) is 0 Å². The van der Waals surface area contributed by atoms with Crippen LogP contribution in [0.15, 0.2) is 74.3 Å². The fourth-order valence-electron chi connectivity index (χ4n) is 1.00. The molecule has 0 aromatic carbocycles. The summed E-state index contributed by atoms with van der Waals surface area (Å²) in [5, 5.41) is 0. The maximum atomic E-state index is 3.36. The van der Waals surface area contributed by atoms with Crippen LogP contribution in [-0.4, -0.2) is 6.71 Å². The van der Waals surface area contributed by atoms with Crippen molar-refractivity contribution in [3.63, 3.8) is 0 Å². The molecule has 31 heavy (non-hydrogen) atoms. The van der Waals surface area contributed by atoms with Crippen LogP contribution in [0.2, 0.25) is 13.6 Å². The summed E-state index contributed by atoms with van der Waals surface area (Å²) in [7, 11) is 0. The lowest BCUT2D eigenvalue weighted by Crippen LogP contribution is -2.03. The molecule has 0 saturated carbocycles. The molecule has 0 aliphatic rings. The van der Waals surface area contributed by atoms with Crippen LogP contribution < -0.4 is 0 Å². The largest absolute Gasteiger partial charge is 0.164 e. The molecule has 0 saturated heterocycles. The maximum Gasteiger partial charge on any atom is 0.164 e. The molecule has 0 spiro atoms. The molecule has 0 N–H and O–H groups in total. The maximum absolute atomic E-state index is 3.36. The van der Waals surface area contributed by atoms with E-state index in [-0.39, 0.29) is 0 Å². The molecule has 0 fully saturated rings. The topological polar surface area (TPSA) is 0 Å². The highest BCUT2D eigenvalue weighted by atomic mass is 13.9. The Morgan fingerprint density at radius 3 is 0.806 bits per heavy atom. The molecule has 0 bridgehead atoms. The summed E-state index contributed by atoms with van der Waals surface area (Å²) in [5.41, 5.74) is 4.29. The van der Waals surface area contributed by atoms with Crippen molar-refractivity contribution in [3.8, 4) is 0 Å². The van der Waals surface area contributed by atoms with E-state index in [0.29, 0.717) is 6.71 Å². The molecule has 0 aromatic rings. The molecule has 0 heterocycles. The van der Waals surface area contributed by atoms with Gasteiger partial charge in [-0.3, -0.25) is 0 Å². The van der Waals surface area contributed by atoms with Crippen LogP contribution in [0, 0.1) is 0 Å². The Morgan fingerprint density at radius 1 is 0.548 bits per heavy atom. The van der Waals surface area contributed by atoms with Crippen molar-refractivity contribution in [1.29, 1.82) is 0 Å². The second-order valence-electron chi connectivity index (χ2n) is 4.56. The quantitative estimate of drug-likeness (QED) is 0.227. The molecule has 0 amide bonds. The van der Waals surface area contributed by atoms with Crippen LogP contribution in [0.3, 0.4) is 0 Å². The van der Waals surface area contributed by atoms with Crippen molar-refractivity contribution in [2.75, 3.05) is 0 Å². The molecule has 0 atom stereocenters. The monoisotopic (exact) mass is 441 g/mol. The van der Waals surface area contributed by atoms with E-state index < -0.39 is 0 Å². The molecule has 0 aromatic heterocycles. The molecular formula is C30H69B. The van der Waals surface area contributed by atoms with E-state index in [2.05, 4.69) is 86.9 Å². The van der Waals surface area contributed by atoms with Gasteiger partial charge in [0, 0.05) is 0 Å². The van der Waals surface area contributed by atoms with E-state index in [1.54, 1.807) is 12.2 Å². The van der Waals surface area contributed by atoms with Crippen LogP contribution in [0.5, 0.6) is 0 Å². The average molecular weight is 441 g/mol. The van der Waals surface area contributed by atoms with Crippen LogP contribution in [-0.2, 0) is 0 Å². The van der Waals surface area contributed by atoms with E-state index >= 15 is 0 Å². The smallest absolute Gasteiger partial charge is 0.106 e. The molecule has 0 radical (unpaired) electrons. The van der Waals surface area contributed by atoms with E-state index in [0.717, 1.165) is 0 Å². The Labute approximate surface area is 205 Å². The lowest BCUT2D eigenvalue weighted by atomic mass is 9.48. The lowest BCUT2D eigenvalue weighted by molar-refractivity contribution is 1.32. The zero-order valence-electron chi connectivity index (χ0n) is 26.1. The van der Waals surface area contributed by atoms with Gasteiger partial charge >= 0.3 is 0 Å². The summed E-state index contributed by atoms with van der Waals surface area (Å²) in [5.74, 6) is 0. The summed E-state index contributed by atoms with van der Waals surface area (Å²) < 4.78 is 0. The first-order valence-corrected chi connectivity index (χ1v) is 12.2. The van der Waals surface area contributed by atoms with Crippen molar-refractivity contribution in [2.45, 2.75) is 124 Å². The Kier molecular flexibility index (Phi) is 240. The predicted molar refractivity (Wildman–Crippen MR) is 166 cm³/mol. The standard InChI is InChI=1S/C10H19B.2C3H6.5C2H6.2C2H4/c1-8(2)7-9(3)10(4)11(5)6;2*1-3-2;7*1-2/h7H,1-6H3;2*3H,1H2,2H3;5*1-2H3;2*1-2H2/b10-9-;;;;;;;;;. The van der Waals surface area contributed by atoms with Crippen molar-refractivity contribution in [2.24, 2.45) is 0 Å². The van der Waals surface area contributed by atoms with Gasteiger partial charge in [-0.25, -0.2) is 0 Å². The van der Waals surface area contributed by atoms with Crippen LogP contribution in [0.4, 0.5) is 0 Å². The molecule has 192 valence electrons. The van der Waals surface area contributed by atoms with Crippen LogP contribution in [0.1, 0.15) is 111 Å². The second-order valence-corrected chi connectivity index (χ2v) is 4.56. The zero-order valence-corrected chi connectivity index (χ0v) is 26.1. The number of hydrogen-bond donors (Lipinski definition) is 0. The second kappa shape index (κ2) is 118. The van der Waals surface area contributed by atoms with E-state index in [1.807, 2.05) is 83.1 Å². The SMILES string of the molecule is C=C.C=C.C=CC.C=CC.CB(C)/C(C)=C(/C)C=C(C)C.CC.CC.CC.CC.CC. The predicted octanol–water partition coefficient (Wildman–Crippen LogP) is 12.7. The third-order valence-electron chi connectivity index (χ3n) is 1.99. The van der Waals surface area contributed by atoms with E-state index in [1.165, 1.54) is 16.6 Å². The van der Waals surface area contributed by atoms with Gasteiger partial charge in [0.1, 0.15) is 0 Å². The molecule has 0 nitrogen and oxygen atoms in total. The minimum Gasteiger partial charge on any atom is -0.106 e. The average Bonchev–Trinajstić information content (AvgIpc) is 2.83. The first-order chi connectivity index (χ1) is 14.8. The summed E-state index contributed by atoms with van der Waals surface area (Å²) >= 11 is 0. The Balaban J connectivity index is -0.0000000232. The number of rotatable bonds is 2. The van der Waals surface area contributed by atoms with Gasteiger partial charge < -0.3 is 0 Å². The van der Waals surface area contributed by atoms with Crippen LogP contribution >= 0.6 is 0 Å². The van der Waals surface area contributed by atoms with Gasteiger partial charge in [-0.15, -0.1) is 44.9 Å². The number of allylic oxidation sites excluding steroid dienone is 6.